The number of benzene rings is 10. The van der Waals surface area contributed by atoms with Crippen molar-refractivity contribution in [3.63, 3.8) is 0 Å². The predicted octanol–water partition coefficient (Wildman–Crippen LogP) is 15.0. The molecule has 0 radical (unpaired) electrons. The average Bonchev–Trinajstić information content (AvgIpc) is 3.65. The predicted molar refractivity (Wildman–Crippen MR) is 239 cm³/mol. The van der Waals surface area contributed by atoms with Crippen molar-refractivity contribution in [2.45, 2.75) is 0 Å². The van der Waals surface area contributed by atoms with Crippen LogP contribution in [0.2, 0.25) is 0 Å². The molecule has 262 valence electrons. The molecule has 0 aliphatic carbocycles. The number of anilines is 3. The molecule has 1 aromatic heterocycles. The van der Waals surface area contributed by atoms with Crippen LogP contribution in [-0.4, -0.2) is 4.57 Å². The van der Waals surface area contributed by atoms with Gasteiger partial charge < -0.3 is 9.47 Å². The molecular formula is C54H36N2. The third kappa shape index (κ3) is 5.26. The molecular weight excluding hydrogens is 677 g/mol. The Hall–Kier alpha value is -7.42. The van der Waals surface area contributed by atoms with Gasteiger partial charge in [0, 0.05) is 38.6 Å². The highest BCUT2D eigenvalue weighted by molar-refractivity contribution is 6.19. The summed E-state index contributed by atoms with van der Waals surface area (Å²) in [6.07, 6.45) is 0. The van der Waals surface area contributed by atoms with Crippen LogP contribution in [0, 0.1) is 0 Å². The maximum Gasteiger partial charge on any atom is 0.0629 e. The number of hydrogen-bond donors (Lipinski definition) is 0. The van der Waals surface area contributed by atoms with Crippen LogP contribution < -0.4 is 4.90 Å². The van der Waals surface area contributed by atoms with Crippen LogP contribution in [0.4, 0.5) is 17.1 Å². The highest BCUT2D eigenvalue weighted by atomic mass is 15.1. The second-order valence-electron chi connectivity index (χ2n) is 14.2. The van der Waals surface area contributed by atoms with Gasteiger partial charge in [0.1, 0.15) is 0 Å². The first-order chi connectivity index (χ1) is 29.9. The van der Waals surface area contributed by atoms with E-state index >= 15 is 0 Å². The minimum atomic E-state index is -0.401. The lowest BCUT2D eigenvalue weighted by atomic mass is 9.95. The van der Waals surface area contributed by atoms with E-state index in [0.29, 0.717) is 5.56 Å². The Labute approximate surface area is 332 Å². The molecule has 2 nitrogen and oxygen atoms in total. The molecule has 0 aliphatic heterocycles. The molecule has 0 bridgehead atoms. The molecule has 0 saturated heterocycles. The van der Waals surface area contributed by atoms with Gasteiger partial charge in [0.05, 0.1) is 23.6 Å². The second kappa shape index (κ2) is 13.2. The fraction of sp³-hybridized carbons (Fsp3) is 0. The van der Waals surface area contributed by atoms with Crippen LogP contribution in [0.5, 0.6) is 0 Å². The summed E-state index contributed by atoms with van der Waals surface area (Å²) in [4.78, 5) is 2.21. The van der Waals surface area contributed by atoms with Gasteiger partial charge in [0.25, 0.3) is 0 Å². The third-order valence-corrected chi connectivity index (χ3v) is 11.0. The molecule has 11 rings (SSSR count). The normalized spacial score (nSPS) is 12.8. The lowest BCUT2D eigenvalue weighted by molar-refractivity contribution is 1.19. The SMILES string of the molecule is [2H]c1c([2H])c([2H])c(-c2ccc(N(c3ccccc3)c3ccc(-c4ccc5c6ccc7ccccc7c6n(-c6ccc7ccccc7c6)c5c4)c4ccccc34)cc2)c([2H])c1[2H]. The van der Waals surface area contributed by atoms with E-state index in [1.165, 1.54) is 37.8 Å². The molecule has 0 spiro atoms. The minimum Gasteiger partial charge on any atom is -0.310 e. The molecule has 10 aromatic carbocycles. The second-order valence-corrected chi connectivity index (χ2v) is 14.2. The van der Waals surface area contributed by atoms with Crippen LogP contribution in [-0.2, 0) is 0 Å². The highest BCUT2D eigenvalue weighted by Gasteiger charge is 2.20. The van der Waals surface area contributed by atoms with Crippen molar-refractivity contribution >= 4 is 71.2 Å². The number of aromatic nitrogens is 1. The van der Waals surface area contributed by atoms with Crippen molar-refractivity contribution in [2.75, 3.05) is 4.90 Å². The molecule has 56 heavy (non-hydrogen) atoms. The van der Waals surface area contributed by atoms with E-state index in [-0.39, 0.29) is 29.7 Å². The molecule has 0 aliphatic rings. The van der Waals surface area contributed by atoms with E-state index in [1.54, 1.807) is 0 Å². The van der Waals surface area contributed by atoms with E-state index in [1.807, 2.05) is 42.5 Å². The Morgan fingerprint density at radius 2 is 1.04 bits per heavy atom. The Balaban J connectivity index is 1.09. The fourth-order valence-electron chi connectivity index (χ4n) is 8.44. The fourth-order valence-corrected chi connectivity index (χ4v) is 8.44. The van der Waals surface area contributed by atoms with Gasteiger partial charge >= 0.3 is 0 Å². The van der Waals surface area contributed by atoms with Crippen molar-refractivity contribution in [1.82, 2.24) is 4.57 Å². The molecule has 0 N–H and O–H groups in total. The summed E-state index contributed by atoms with van der Waals surface area (Å²) in [5, 5.41) is 9.40. The standard InChI is InChI=1S/C54H36N2/c1-3-13-37(14-4-1)39-23-28-44(29-24-39)55(43-18-5-2-6-19-43)52-34-33-46(48-21-11-12-22-49(48)52)42-27-31-50-51-32-26-40-16-9-10-20-47(40)54(51)56(53(50)36-42)45-30-25-38-15-7-8-17-41(38)35-45/h1-36H/i1D,3D,4D,13D,14D. The summed E-state index contributed by atoms with van der Waals surface area (Å²) in [6.45, 7) is 0. The van der Waals surface area contributed by atoms with E-state index in [9.17, 15) is 0 Å². The van der Waals surface area contributed by atoms with Gasteiger partial charge in [-0.15, -0.1) is 0 Å². The van der Waals surface area contributed by atoms with Gasteiger partial charge in [-0.3, -0.25) is 0 Å². The van der Waals surface area contributed by atoms with Crippen LogP contribution in [0.3, 0.4) is 0 Å². The molecule has 0 unspecified atom stereocenters. The maximum atomic E-state index is 8.57. The summed E-state index contributed by atoms with van der Waals surface area (Å²) < 4.78 is 44.1. The number of nitrogens with zero attached hydrogens (tertiary/aromatic N) is 2. The Morgan fingerprint density at radius 1 is 0.393 bits per heavy atom. The molecule has 0 amide bonds. The van der Waals surface area contributed by atoms with Gasteiger partial charge in [-0.2, -0.15) is 0 Å². The first kappa shape index (κ1) is 27.2. The summed E-state index contributed by atoms with van der Waals surface area (Å²) in [6, 6.07) is 64.4. The summed E-state index contributed by atoms with van der Waals surface area (Å²) in [5.74, 6) is 0. The van der Waals surface area contributed by atoms with Crippen LogP contribution in [0.15, 0.2) is 218 Å². The topological polar surface area (TPSA) is 8.17 Å². The third-order valence-electron chi connectivity index (χ3n) is 11.0. The average molecular weight is 718 g/mol. The largest absolute Gasteiger partial charge is 0.310 e. The lowest BCUT2D eigenvalue weighted by Gasteiger charge is -2.27. The monoisotopic (exact) mass is 717 g/mol. The Kier molecular flexibility index (Phi) is 6.39. The van der Waals surface area contributed by atoms with E-state index in [0.717, 1.165) is 50.2 Å². The zero-order valence-electron chi connectivity index (χ0n) is 35.3. The molecule has 11 aromatic rings. The van der Waals surface area contributed by atoms with Crippen LogP contribution in [0.1, 0.15) is 6.85 Å². The van der Waals surface area contributed by atoms with Crippen molar-refractivity contribution in [3.05, 3.63) is 218 Å². The van der Waals surface area contributed by atoms with Crippen molar-refractivity contribution in [3.8, 4) is 27.9 Å². The smallest absolute Gasteiger partial charge is 0.0629 e. The first-order valence-electron chi connectivity index (χ1n) is 21.4. The number of para-hydroxylation sites is 1. The summed E-state index contributed by atoms with van der Waals surface area (Å²) in [7, 11) is 0. The Morgan fingerprint density at radius 3 is 1.86 bits per heavy atom. The van der Waals surface area contributed by atoms with E-state index < -0.39 is 6.04 Å². The molecule has 0 atom stereocenters. The first-order valence-corrected chi connectivity index (χ1v) is 18.9. The van der Waals surface area contributed by atoms with Crippen LogP contribution >= 0.6 is 0 Å². The highest BCUT2D eigenvalue weighted by Crippen LogP contribution is 2.44. The van der Waals surface area contributed by atoms with Gasteiger partial charge in [0.15, 0.2) is 0 Å². The zero-order valence-corrected chi connectivity index (χ0v) is 30.3. The molecule has 0 saturated carbocycles. The summed E-state index contributed by atoms with van der Waals surface area (Å²) in [5.41, 5.74) is 9.22. The number of hydrogen-bond acceptors (Lipinski definition) is 1. The van der Waals surface area contributed by atoms with Crippen LogP contribution in [0.25, 0.3) is 82.1 Å². The van der Waals surface area contributed by atoms with Gasteiger partial charge in [-0.1, -0.05) is 170 Å². The van der Waals surface area contributed by atoms with Gasteiger partial charge in [-0.25, -0.2) is 0 Å². The molecule has 2 heteroatoms. The molecule has 1 heterocycles. The quantitative estimate of drug-likeness (QED) is 0.166. The number of rotatable bonds is 6. The minimum absolute atomic E-state index is 0.184. The molecule has 0 fully saturated rings. The Bertz CT molecular complexity index is 3510. The van der Waals surface area contributed by atoms with Crippen molar-refractivity contribution in [2.24, 2.45) is 0 Å². The maximum absolute atomic E-state index is 8.57. The van der Waals surface area contributed by atoms with Crippen molar-refractivity contribution in [1.29, 1.82) is 0 Å². The van der Waals surface area contributed by atoms with Crippen molar-refractivity contribution < 1.29 is 6.85 Å². The van der Waals surface area contributed by atoms with Gasteiger partial charge in [-0.05, 0) is 92.3 Å². The lowest BCUT2D eigenvalue weighted by Crippen LogP contribution is -2.10. The summed E-state index contributed by atoms with van der Waals surface area (Å²) >= 11 is 0. The van der Waals surface area contributed by atoms with E-state index in [4.69, 9.17) is 6.85 Å². The van der Waals surface area contributed by atoms with E-state index in [2.05, 4.69) is 155 Å². The zero-order chi connectivity index (χ0) is 41.4. The van der Waals surface area contributed by atoms with Gasteiger partial charge in [0.2, 0.25) is 0 Å². The number of fused-ring (bicyclic) bond motifs is 7.